The summed E-state index contributed by atoms with van der Waals surface area (Å²) in [5, 5.41) is 4.20. The van der Waals surface area contributed by atoms with Crippen LogP contribution in [-0.2, 0) is 4.79 Å². The van der Waals surface area contributed by atoms with Crippen molar-refractivity contribution in [3.8, 4) is 0 Å². The Morgan fingerprint density at radius 3 is 2.50 bits per heavy atom. The van der Waals surface area contributed by atoms with E-state index in [2.05, 4.69) is 19.2 Å². The maximum Gasteiger partial charge on any atom is 0.241 e. The van der Waals surface area contributed by atoms with Gasteiger partial charge in [-0.25, -0.2) is 0 Å². The van der Waals surface area contributed by atoms with Gasteiger partial charge in [0.2, 0.25) is 5.91 Å². The van der Waals surface area contributed by atoms with Crippen LogP contribution in [0.15, 0.2) is 24.3 Å². The number of nitrogens with zero attached hydrogens (tertiary/aromatic N) is 1. The summed E-state index contributed by atoms with van der Waals surface area (Å²) in [5.41, 5.74) is 1.11. The number of carbonyl (C=O) groups is 1. The Balaban J connectivity index is 2.17. The first-order chi connectivity index (χ1) is 9.67. The number of hydrogen-bond acceptors (Lipinski definition) is 2. The minimum atomic E-state index is -0.0396. The number of hydrogen-bond donors (Lipinski definition) is 1. The second-order valence-electron chi connectivity index (χ2n) is 5.35. The molecule has 1 fully saturated rings. The predicted octanol–water partition coefficient (Wildman–Crippen LogP) is 3.74. The van der Waals surface area contributed by atoms with Gasteiger partial charge in [-0.05, 0) is 30.5 Å². The van der Waals surface area contributed by atoms with Crippen molar-refractivity contribution in [2.24, 2.45) is 0 Å². The highest BCUT2D eigenvalue weighted by molar-refractivity contribution is 6.30. The molecule has 0 bridgehead atoms. The molecule has 20 heavy (non-hydrogen) atoms. The van der Waals surface area contributed by atoms with Crippen molar-refractivity contribution >= 4 is 17.5 Å². The average Bonchev–Trinajstić information content (AvgIpc) is 2.75. The van der Waals surface area contributed by atoms with Gasteiger partial charge in [-0.2, -0.15) is 0 Å². The SMILES string of the molecule is CCCCC1NC(c2ccc(Cl)cc2)N(CCC)C1=O. The first-order valence-corrected chi connectivity index (χ1v) is 7.87. The number of amides is 1. The summed E-state index contributed by atoms with van der Waals surface area (Å²) in [6.07, 6.45) is 4.07. The van der Waals surface area contributed by atoms with Crippen molar-refractivity contribution in [2.45, 2.75) is 51.7 Å². The number of carbonyl (C=O) groups excluding carboxylic acids is 1. The molecule has 1 amide bonds. The molecular weight excluding hydrogens is 272 g/mol. The molecule has 1 saturated heterocycles. The van der Waals surface area contributed by atoms with Crippen molar-refractivity contribution in [1.29, 1.82) is 0 Å². The summed E-state index contributed by atoms with van der Waals surface area (Å²) >= 11 is 5.94. The maximum atomic E-state index is 12.5. The predicted molar refractivity (Wildman–Crippen MR) is 82.6 cm³/mol. The summed E-state index contributed by atoms with van der Waals surface area (Å²) in [6.45, 7) is 5.05. The largest absolute Gasteiger partial charge is 0.322 e. The van der Waals surface area contributed by atoms with Crippen LogP contribution in [0.4, 0.5) is 0 Å². The molecule has 4 heteroatoms. The fraction of sp³-hybridized carbons (Fsp3) is 0.562. The fourth-order valence-electron chi connectivity index (χ4n) is 2.70. The molecule has 2 unspecified atom stereocenters. The summed E-state index contributed by atoms with van der Waals surface area (Å²) < 4.78 is 0. The van der Waals surface area contributed by atoms with Gasteiger partial charge in [0.1, 0.15) is 6.17 Å². The molecule has 1 N–H and O–H groups in total. The van der Waals surface area contributed by atoms with Gasteiger partial charge in [0, 0.05) is 11.6 Å². The molecule has 1 aliphatic rings. The van der Waals surface area contributed by atoms with E-state index in [0.717, 1.165) is 42.8 Å². The van der Waals surface area contributed by atoms with E-state index >= 15 is 0 Å². The number of unbranched alkanes of at least 4 members (excludes halogenated alkanes) is 1. The topological polar surface area (TPSA) is 32.3 Å². The van der Waals surface area contributed by atoms with Crippen LogP contribution < -0.4 is 5.32 Å². The van der Waals surface area contributed by atoms with Gasteiger partial charge in [0.25, 0.3) is 0 Å². The lowest BCUT2D eigenvalue weighted by atomic mass is 10.1. The van der Waals surface area contributed by atoms with Crippen molar-refractivity contribution in [2.75, 3.05) is 6.54 Å². The third-order valence-electron chi connectivity index (χ3n) is 3.75. The standard InChI is InChI=1S/C16H23ClN2O/c1-3-5-6-14-16(20)19(11-4-2)15(18-14)12-7-9-13(17)10-8-12/h7-10,14-15,18H,3-6,11H2,1-2H3. The third kappa shape index (κ3) is 3.33. The van der Waals surface area contributed by atoms with Crippen molar-refractivity contribution in [3.63, 3.8) is 0 Å². The Labute approximate surface area is 126 Å². The van der Waals surface area contributed by atoms with Gasteiger partial charge in [-0.1, -0.05) is 50.4 Å². The number of rotatable bonds is 6. The van der Waals surface area contributed by atoms with Crippen molar-refractivity contribution in [1.82, 2.24) is 10.2 Å². The van der Waals surface area contributed by atoms with E-state index in [4.69, 9.17) is 11.6 Å². The minimum Gasteiger partial charge on any atom is -0.322 e. The Hall–Kier alpha value is -1.06. The van der Waals surface area contributed by atoms with E-state index in [-0.39, 0.29) is 18.1 Å². The van der Waals surface area contributed by atoms with Crippen LogP contribution >= 0.6 is 11.6 Å². The zero-order valence-electron chi connectivity index (χ0n) is 12.2. The van der Waals surface area contributed by atoms with Gasteiger partial charge >= 0.3 is 0 Å². The molecule has 0 spiro atoms. The first-order valence-electron chi connectivity index (χ1n) is 7.49. The van der Waals surface area contributed by atoms with E-state index < -0.39 is 0 Å². The minimum absolute atomic E-state index is 0.0124. The van der Waals surface area contributed by atoms with E-state index in [9.17, 15) is 4.79 Å². The van der Waals surface area contributed by atoms with E-state index in [0.29, 0.717) is 0 Å². The summed E-state index contributed by atoms with van der Waals surface area (Å²) in [4.78, 5) is 14.5. The molecule has 2 rings (SSSR count). The van der Waals surface area contributed by atoms with Crippen LogP contribution in [0, 0.1) is 0 Å². The zero-order chi connectivity index (χ0) is 14.5. The molecule has 1 aromatic rings. The smallest absolute Gasteiger partial charge is 0.241 e. The second kappa shape index (κ2) is 7.09. The van der Waals surface area contributed by atoms with Crippen LogP contribution in [0.2, 0.25) is 5.02 Å². The van der Waals surface area contributed by atoms with Crippen LogP contribution in [0.1, 0.15) is 51.3 Å². The highest BCUT2D eigenvalue weighted by atomic mass is 35.5. The number of nitrogens with one attached hydrogen (secondary N) is 1. The molecule has 3 nitrogen and oxygen atoms in total. The summed E-state index contributed by atoms with van der Waals surface area (Å²) in [7, 11) is 0. The molecule has 0 saturated carbocycles. The number of benzene rings is 1. The molecule has 1 aromatic carbocycles. The van der Waals surface area contributed by atoms with Gasteiger partial charge in [-0.3, -0.25) is 10.1 Å². The van der Waals surface area contributed by atoms with Crippen LogP contribution in [0.5, 0.6) is 0 Å². The zero-order valence-corrected chi connectivity index (χ0v) is 13.0. The average molecular weight is 295 g/mol. The lowest BCUT2D eigenvalue weighted by Gasteiger charge is -2.24. The molecule has 1 heterocycles. The lowest BCUT2D eigenvalue weighted by Crippen LogP contribution is -2.31. The Morgan fingerprint density at radius 1 is 1.20 bits per heavy atom. The lowest BCUT2D eigenvalue weighted by molar-refractivity contribution is -0.130. The van der Waals surface area contributed by atoms with Crippen LogP contribution in [0.3, 0.4) is 0 Å². The number of halogens is 1. The molecule has 0 radical (unpaired) electrons. The molecule has 0 aromatic heterocycles. The highest BCUT2D eigenvalue weighted by Gasteiger charge is 2.38. The Morgan fingerprint density at radius 2 is 1.90 bits per heavy atom. The quantitative estimate of drug-likeness (QED) is 0.867. The Bertz CT molecular complexity index is 446. The van der Waals surface area contributed by atoms with Gasteiger partial charge in [-0.15, -0.1) is 0 Å². The Kier molecular flexibility index (Phi) is 5.44. The van der Waals surface area contributed by atoms with Crippen LogP contribution in [-0.4, -0.2) is 23.4 Å². The second-order valence-corrected chi connectivity index (χ2v) is 5.78. The van der Waals surface area contributed by atoms with Crippen molar-refractivity contribution in [3.05, 3.63) is 34.9 Å². The third-order valence-corrected chi connectivity index (χ3v) is 4.00. The highest BCUT2D eigenvalue weighted by Crippen LogP contribution is 2.28. The molecule has 0 aliphatic carbocycles. The molecular formula is C16H23ClN2O. The summed E-state index contributed by atoms with van der Waals surface area (Å²) in [5.74, 6) is 0.236. The molecule has 110 valence electrons. The van der Waals surface area contributed by atoms with Gasteiger partial charge in [0.15, 0.2) is 0 Å². The van der Waals surface area contributed by atoms with E-state index in [1.807, 2.05) is 29.2 Å². The first kappa shape index (κ1) is 15.3. The van der Waals surface area contributed by atoms with Gasteiger partial charge < -0.3 is 4.90 Å². The van der Waals surface area contributed by atoms with Gasteiger partial charge in [0.05, 0.1) is 6.04 Å². The van der Waals surface area contributed by atoms with Crippen molar-refractivity contribution < 1.29 is 4.79 Å². The molecule has 2 atom stereocenters. The fourth-order valence-corrected chi connectivity index (χ4v) is 2.82. The normalized spacial score (nSPS) is 22.6. The van der Waals surface area contributed by atoms with Crippen LogP contribution in [0.25, 0.3) is 0 Å². The molecule has 1 aliphatic heterocycles. The van der Waals surface area contributed by atoms with E-state index in [1.54, 1.807) is 0 Å². The monoisotopic (exact) mass is 294 g/mol. The van der Waals surface area contributed by atoms with E-state index in [1.165, 1.54) is 0 Å². The maximum absolute atomic E-state index is 12.5. The summed E-state index contributed by atoms with van der Waals surface area (Å²) in [6, 6.07) is 7.72.